The fourth-order valence-electron chi connectivity index (χ4n) is 1.80. The Morgan fingerprint density at radius 2 is 2.19 bits per heavy atom. The Morgan fingerprint density at radius 3 is 2.76 bits per heavy atom. The molecular formula is C13H16BrFN2O4. The molecule has 0 aromatic heterocycles. The molecule has 0 spiro atoms. The van der Waals surface area contributed by atoms with Crippen molar-refractivity contribution in [3.63, 3.8) is 0 Å². The second kappa shape index (κ2) is 7.92. The summed E-state index contributed by atoms with van der Waals surface area (Å²) < 4.78 is 13.5. The maximum absolute atomic E-state index is 13.4. The van der Waals surface area contributed by atoms with Gasteiger partial charge in [0.2, 0.25) is 0 Å². The number of nitro benzene ring substituents is 1. The van der Waals surface area contributed by atoms with E-state index in [1.165, 1.54) is 0 Å². The number of nitrogens with zero attached hydrogens (tertiary/aromatic N) is 1. The lowest BCUT2D eigenvalue weighted by atomic mass is 10.0. The van der Waals surface area contributed by atoms with Crippen molar-refractivity contribution < 1.29 is 19.2 Å². The fourth-order valence-corrected chi connectivity index (χ4v) is 2.13. The van der Waals surface area contributed by atoms with E-state index in [2.05, 4.69) is 21.2 Å². The first-order valence-electron chi connectivity index (χ1n) is 6.40. The van der Waals surface area contributed by atoms with E-state index in [4.69, 9.17) is 5.11 Å². The highest BCUT2D eigenvalue weighted by Crippen LogP contribution is 2.30. The normalized spacial score (nSPS) is 12.0. The molecule has 0 saturated heterocycles. The van der Waals surface area contributed by atoms with Gasteiger partial charge in [0.25, 0.3) is 5.69 Å². The number of aliphatic carboxylic acids is 1. The molecule has 2 N–H and O–H groups in total. The second-order valence-corrected chi connectivity index (χ2v) is 5.65. The zero-order valence-corrected chi connectivity index (χ0v) is 13.0. The average molecular weight is 363 g/mol. The highest BCUT2D eigenvalue weighted by molar-refractivity contribution is 9.10. The molecule has 1 atom stereocenters. The molecule has 0 aliphatic rings. The van der Waals surface area contributed by atoms with Gasteiger partial charge in [-0.1, -0.05) is 6.92 Å². The van der Waals surface area contributed by atoms with Crippen molar-refractivity contribution in [1.29, 1.82) is 0 Å². The first-order valence-corrected chi connectivity index (χ1v) is 7.19. The van der Waals surface area contributed by atoms with E-state index < -0.39 is 16.7 Å². The van der Waals surface area contributed by atoms with E-state index in [0.29, 0.717) is 19.4 Å². The molecular weight excluding hydrogens is 347 g/mol. The number of benzene rings is 1. The molecule has 8 heteroatoms. The van der Waals surface area contributed by atoms with Crippen LogP contribution in [-0.2, 0) is 4.79 Å². The van der Waals surface area contributed by atoms with Crippen LogP contribution in [0.3, 0.4) is 0 Å². The van der Waals surface area contributed by atoms with Crippen molar-refractivity contribution in [3.05, 3.63) is 32.5 Å². The minimum Gasteiger partial charge on any atom is -0.481 e. The van der Waals surface area contributed by atoms with Gasteiger partial charge in [-0.25, -0.2) is 4.39 Å². The van der Waals surface area contributed by atoms with Gasteiger partial charge in [-0.05, 0) is 34.7 Å². The number of carboxylic acids is 1. The third kappa shape index (κ3) is 5.66. The van der Waals surface area contributed by atoms with Gasteiger partial charge in [-0.3, -0.25) is 14.9 Å². The molecule has 116 valence electrons. The maximum Gasteiger partial charge on any atom is 0.303 e. The molecule has 0 radical (unpaired) electrons. The van der Waals surface area contributed by atoms with Gasteiger partial charge < -0.3 is 10.4 Å². The van der Waals surface area contributed by atoms with Gasteiger partial charge in [0, 0.05) is 25.1 Å². The van der Waals surface area contributed by atoms with E-state index >= 15 is 0 Å². The molecule has 1 aromatic carbocycles. The molecule has 21 heavy (non-hydrogen) atoms. The summed E-state index contributed by atoms with van der Waals surface area (Å²) in [6.45, 7) is 2.31. The number of nitrogens with one attached hydrogen (secondary N) is 1. The minimum absolute atomic E-state index is 0.0366. The lowest BCUT2D eigenvalue weighted by Gasteiger charge is -2.12. The van der Waals surface area contributed by atoms with Crippen LogP contribution in [-0.4, -0.2) is 22.5 Å². The highest BCUT2D eigenvalue weighted by Gasteiger charge is 2.17. The van der Waals surface area contributed by atoms with Crippen molar-refractivity contribution >= 4 is 33.3 Å². The predicted octanol–water partition coefficient (Wildman–Crippen LogP) is 3.80. The fraction of sp³-hybridized carbons (Fsp3) is 0.462. The van der Waals surface area contributed by atoms with Crippen molar-refractivity contribution in [2.45, 2.75) is 26.2 Å². The van der Waals surface area contributed by atoms with Crippen molar-refractivity contribution in [3.8, 4) is 0 Å². The molecule has 0 saturated carbocycles. The Bertz CT molecular complexity index is 539. The number of hydrogen-bond acceptors (Lipinski definition) is 4. The third-order valence-corrected chi connectivity index (χ3v) is 3.65. The van der Waals surface area contributed by atoms with Crippen LogP contribution in [0.2, 0.25) is 0 Å². The summed E-state index contributed by atoms with van der Waals surface area (Å²) in [5.74, 6) is -1.27. The minimum atomic E-state index is -0.847. The van der Waals surface area contributed by atoms with Gasteiger partial charge in [-0.2, -0.15) is 0 Å². The van der Waals surface area contributed by atoms with Crippen molar-refractivity contribution in [1.82, 2.24) is 0 Å². The Kier molecular flexibility index (Phi) is 6.54. The van der Waals surface area contributed by atoms with E-state index in [1.807, 2.05) is 6.92 Å². The van der Waals surface area contributed by atoms with E-state index in [0.717, 1.165) is 12.1 Å². The summed E-state index contributed by atoms with van der Waals surface area (Å²) in [5.41, 5.74) is -0.0902. The Labute approximate surface area is 129 Å². The quantitative estimate of drug-likeness (QED) is 0.541. The molecule has 1 unspecified atom stereocenters. The summed E-state index contributed by atoms with van der Waals surface area (Å²) in [5, 5.41) is 22.3. The number of rotatable bonds is 8. The van der Waals surface area contributed by atoms with Gasteiger partial charge in [0.05, 0.1) is 9.40 Å². The average Bonchev–Trinajstić information content (AvgIpc) is 2.39. The zero-order chi connectivity index (χ0) is 16.0. The molecule has 0 amide bonds. The number of nitro groups is 1. The van der Waals surface area contributed by atoms with Gasteiger partial charge in [-0.15, -0.1) is 0 Å². The molecule has 1 aromatic rings. The van der Waals surface area contributed by atoms with Crippen LogP contribution in [0.4, 0.5) is 15.8 Å². The highest BCUT2D eigenvalue weighted by atomic mass is 79.9. The number of hydrogen-bond donors (Lipinski definition) is 2. The Hall–Kier alpha value is -1.70. The molecule has 0 aliphatic heterocycles. The topological polar surface area (TPSA) is 92.5 Å². The van der Waals surface area contributed by atoms with E-state index in [9.17, 15) is 19.3 Å². The first-order chi connectivity index (χ1) is 9.81. The zero-order valence-electron chi connectivity index (χ0n) is 11.4. The summed E-state index contributed by atoms with van der Waals surface area (Å²) in [6.07, 6.45) is 1.27. The standard InChI is InChI=1S/C13H16BrFN2O4/c1-8(2-3-13(18)19)4-5-16-11-7-10(15)9(14)6-12(11)17(20)21/h6-8,16H,2-5H2,1H3,(H,18,19). The van der Waals surface area contributed by atoms with Crippen LogP contribution in [0.1, 0.15) is 26.2 Å². The van der Waals surface area contributed by atoms with Crippen LogP contribution < -0.4 is 5.32 Å². The number of carboxylic acid groups (broad SMARTS) is 1. The SMILES string of the molecule is CC(CCNc1cc(F)c(Br)cc1[N+](=O)[O-])CCC(=O)O. The van der Waals surface area contributed by atoms with Gasteiger partial charge in [0.1, 0.15) is 11.5 Å². The van der Waals surface area contributed by atoms with Gasteiger partial charge >= 0.3 is 5.97 Å². The van der Waals surface area contributed by atoms with E-state index in [1.54, 1.807) is 0 Å². The Balaban J connectivity index is 2.61. The van der Waals surface area contributed by atoms with Crippen molar-refractivity contribution in [2.75, 3.05) is 11.9 Å². The summed E-state index contributed by atoms with van der Waals surface area (Å²) >= 11 is 2.91. The van der Waals surface area contributed by atoms with Crippen LogP contribution in [0.5, 0.6) is 0 Å². The summed E-state index contributed by atoms with van der Waals surface area (Å²) in [4.78, 5) is 20.8. The van der Waals surface area contributed by atoms with Crippen LogP contribution in [0, 0.1) is 21.8 Å². The number of anilines is 1. The third-order valence-electron chi connectivity index (χ3n) is 3.04. The number of halogens is 2. The number of carbonyl (C=O) groups is 1. The van der Waals surface area contributed by atoms with Crippen LogP contribution in [0.15, 0.2) is 16.6 Å². The maximum atomic E-state index is 13.4. The van der Waals surface area contributed by atoms with E-state index in [-0.39, 0.29) is 28.2 Å². The molecule has 0 bridgehead atoms. The van der Waals surface area contributed by atoms with Crippen LogP contribution in [0.25, 0.3) is 0 Å². The smallest absolute Gasteiger partial charge is 0.303 e. The predicted molar refractivity (Wildman–Crippen MR) is 79.9 cm³/mol. The lowest BCUT2D eigenvalue weighted by Crippen LogP contribution is -2.10. The second-order valence-electron chi connectivity index (χ2n) is 4.79. The summed E-state index contributed by atoms with van der Waals surface area (Å²) in [6, 6.07) is 2.19. The monoisotopic (exact) mass is 362 g/mol. The van der Waals surface area contributed by atoms with Crippen LogP contribution >= 0.6 is 15.9 Å². The summed E-state index contributed by atoms with van der Waals surface area (Å²) in [7, 11) is 0. The largest absolute Gasteiger partial charge is 0.481 e. The Morgan fingerprint density at radius 1 is 1.52 bits per heavy atom. The van der Waals surface area contributed by atoms with Gasteiger partial charge in [0.15, 0.2) is 0 Å². The molecule has 0 heterocycles. The molecule has 1 rings (SSSR count). The van der Waals surface area contributed by atoms with Crippen molar-refractivity contribution in [2.24, 2.45) is 5.92 Å². The molecule has 6 nitrogen and oxygen atoms in total. The lowest BCUT2D eigenvalue weighted by molar-refractivity contribution is -0.384. The first kappa shape index (κ1) is 17.4. The molecule has 0 aliphatic carbocycles. The molecule has 0 fully saturated rings.